The van der Waals surface area contributed by atoms with Crippen molar-refractivity contribution in [2.24, 2.45) is 0 Å². The number of benzene rings is 2. The van der Waals surface area contributed by atoms with Crippen LogP contribution in [0, 0.1) is 0 Å². The van der Waals surface area contributed by atoms with Gasteiger partial charge in [-0.1, -0.05) is 18.2 Å². The molecule has 0 aliphatic rings. The van der Waals surface area contributed by atoms with Gasteiger partial charge in [-0.15, -0.1) is 0 Å². The van der Waals surface area contributed by atoms with E-state index in [0.717, 1.165) is 12.3 Å². The van der Waals surface area contributed by atoms with Crippen molar-refractivity contribution < 1.29 is 37.0 Å². The van der Waals surface area contributed by atoms with Crippen LogP contribution in [0.15, 0.2) is 60.8 Å². The summed E-state index contributed by atoms with van der Waals surface area (Å²) in [6, 6.07) is 12.9. The maximum absolute atomic E-state index is 13.3. The number of nitrogens with one attached hydrogen (secondary N) is 1. The zero-order valence-corrected chi connectivity index (χ0v) is 23.0. The first-order valence-corrected chi connectivity index (χ1v) is 13.0. The lowest BCUT2D eigenvalue weighted by molar-refractivity contribution is -0.138. The molecule has 0 atom stereocenters. The number of aromatic nitrogens is 2. The largest absolute Gasteiger partial charge is 0.491 e. The van der Waals surface area contributed by atoms with Crippen LogP contribution in [-0.4, -0.2) is 41.2 Å². The number of aromatic amines is 1. The van der Waals surface area contributed by atoms with Crippen molar-refractivity contribution in [3.8, 4) is 28.1 Å². The standard InChI is InChI=1S/C31H29F3N2O5/c1-5-39-26(37)16-13-23-28-25(36-29(23)30(38)40-6-2)15-12-22(24-14-9-20(17-35-24)31(32,33)34)27(28)19-7-10-21(11-8-19)41-18(3)4/h7-18,36H,5-6H2,1-4H3. The van der Waals surface area contributed by atoms with Gasteiger partial charge < -0.3 is 19.2 Å². The Hall–Kier alpha value is -4.60. The number of nitrogens with zero attached hydrogens (tertiary/aromatic N) is 1. The minimum Gasteiger partial charge on any atom is -0.491 e. The lowest BCUT2D eigenvalue weighted by Crippen LogP contribution is -2.07. The van der Waals surface area contributed by atoms with Crippen molar-refractivity contribution in [1.29, 1.82) is 0 Å². The van der Waals surface area contributed by atoms with E-state index in [-0.39, 0.29) is 30.7 Å². The fourth-order valence-corrected chi connectivity index (χ4v) is 4.39. The van der Waals surface area contributed by atoms with Crippen molar-refractivity contribution in [1.82, 2.24) is 9.97 Å². The van der Waals surface area contributed by atoms with E-state index in [1.54, 1.807) is 38.1 Å². The molecule has 0 saturated heterocycles. The number of hydrogen-bond donors (Lipinski definition) is 1. The number of alkyl halides is 3. The van der Waals surface area contributed by atoms with E-state index in [1.165, 1.54) is 18.2 Å². The summed E-state index contributed by atoms with van der Waals surface area (Å²) in [5, 5.41) is 0.547. The van der Waals surface area contributed by atoms with Gasteiger partial charge >= 0.3 is 18.1 Å². The van der Waals surface area contributed by atoms with Gasteiger partial charge in [0.15, 0.2) is 0 Å². The van der Waals surface area contributed by atoms with Crippen LogP contribution >= 0.6 is 0 Å². The van der Waals surface area contributed by atoms with Gasteiger partial charge in [0.1, 0.15) is 11.4 Å². The highest BCUT2D eigenvalue weighted by molar-refractivity contribution is 6.12. The Morgan fingerprint density at radius 3 is 2.27 bits per heavy atom. The fourth-order valence-electron chi connectivity index (χ4n) is 4.39. The minimum absolute atomic E-state index is 0.0485. The van der Waals surface area contributed by atoms with Gasteiger partial charge in [-0.3, -0.25) is 4.98 Å². The topological polar surface area (TPSA) is 90.5 Å². The molecule has 0 bridgehead atoms. The Morgan fingerprint density at radius 1 is 0.976 bits per heavy atom. The fraction of sp³-hybridized carbons (Fsp3) is 0.258. The number of carbonyl (C=O) groups is 2. The summed E-state index contributed by atoms with van der Waals surface area (Å²) in [4.78, 5) is 32.4. The molecule has 0 radical (unpaired) electrons. The molecule has 0 aliphatic carbocycles. The van der Waals surface area contributed by atoms with Crippen LogP contribution in [0.25, 0.3) is 39.4 Å². The highest BCUT2D eigenvalue weighted by Crippen LogP contribution is 2.42. The molecule has 10 heteroatoms. The molecule has 1 N–H and O–H groups in total. The molecule has 2 aromatic carbocycles. The normalized spacial score (nSPS) is 11.8. The van der Waals surface area contributed by atoms with Gasteiger partial charge in [0, 0.05) is 39.9 Å². The van der Waals surface area contributed by atoms with Crippen LogP contribution in [0.1, 0.15) is 49.3 Å². The molecule has 214 valence electrons. The Bertz CT molecular complexity index is 1570. The Balaban J connectivity index is 2.02. The highest BCUT2D eigenvalue weighted by Gasteiger charge is 2.31. The molecule has 0 fully saturated rings. The average molecular weight is 567 g/mol. The summed E-state index contributed by atoms with van der Waals surface area (Å²) in [5.74, 6) is -0.601. The zero-order chi connectivity index (χ0) is 29.7. The molecular formula is C31H29F3N2O5. The summed E-state index contributed by atoms with van der Waals surface area (Å²) in [5.41, 5.74) is 2.22. The smallest absolute Gasteiger partial charge is 0.417 e. The number of rotatable bonds is 9. The van der Waals surface area contributed by atoms with Crippen molar-refractivity contribution in [3.05, 3.63) is 77.6 Å². The summed E-state index contributed by atoms with van der Waals surface area (Å²) in [7, 11) is 0. The van der Waals surface area contributed by atoms with E-state index in [4.69, 9.17) is 14.2 Å². The van der Waals surface area contributed by atoms with Crippen LogP contribution in [0.2, 0.25) is 0 Å². The van der Waals surface area contributed by atoms with Gasteiger partial charge in [-0.2, -0.15) is 13.2 Å². The summed E-state index contributed by atoms with van der Waals surface area (Å²) in [6.07, 6.45) is -1.13. The van der Waals surface area contributed by atoms with Gasteiger partial charge in [-0.05, 0) is 69.7 Å². The Morgan fingerprint density at radius 2 is 1.68 bits per heavy atom. The predicted molar refractivity (Wildman–Crippen MR) is 149 cm³/mol. The first kappa shape index (κ1) is 29.4. The molecule has 0 amide bonds. The van der Waals surface area contributed by atoms with Crippen LogP contribution in [-0.2, 0) is 20.4 Å². The van der Waals surface area contributed by atoms with Crippen molar-refractivity contribution in [2.45, 2.75) is 40.0 Å². The van der Waals surface area contributed by atoms with Crippen molar-refractivity contribution in [2.75, 3.05) is 13.2 Å². The molecule has 2 heterocycles. The van der Waals surface area contributed by atoms with E-state index >= 15 is 0 Å². The van der Waals surface area contributed by atoms with Crippen molar-refractivity contribution >= 4 is 28.9 Å². The monoisotopic (exact) mass is 566 g/mol. The lowest BCUT2D eigenvalue weighted by Gasteiger charge is -2.15. The molecule has 2 aromatic heterocycles. The number of carbonyl (C=O) groups excluding carboxylic acids is 2. The van der Waals surface area contributed by atoms with Crippen LogP contribution in [0.3, 0.4) is 0 Å². The molecular weight excluding hydrogens is 537 g/mol. The number of halogens is 3. The molecule has 7 nitrogen and oxygen atoms in total. The van der Waals surface area contributed by atoms with Gasteiger partial charge in [-0.25, -0.2) is 9.59 Å². The van der Waals surface area contributed by atoms with E-state index in [9.17, 15) is 22.8 Å². The van der Waals surface area contributed by atoms with Crippen LogP contribution < -0.4 is 4.74 Å². The van der Waals surface area contributed by atoms with Gasteiger partial charge in [0.2, 0.25) is 0 Å². The first-order chi connectivity index (χ1) is 19.5. The number of ether oxygens (including phenoxy) is 3. The number of fused-ring (bicyclic) bond motifs is 1. The molecule has 0 unspecified atom stereocenters. The summed E-state index contributed by atoms with van der Waals surface area (Å²) < 4.78 is 55.8. The summed E-state index contributed by atoms with van der Waals surface area (Å²) in [6.45, 7) is 7.45. The molecule has 0 saturated carbocycles. The van der Waals surface area contributed by atoms with E-state index in [1.807, 2.05) is 26.0 Å². The SMILES string of the molecule is CCOC(=O)C=Cc1c(C(=O)OCC)[nH]c2ccc(-c3ccc(C(F)(F)F)cn3)c(-c3ccc(OC(C)C)cc3)c12. The molecule has 4 rings (SSSR count). The number of hydrogen-bond acceptors (Lipinski definition) is 6. The number of esters is 2. The average Bonchev–Trinajstić information content (AvgIpc) is 3.30. The molecule has 4 aromatic rings. The lowest BCUT2D eigenvalue weighted by atomic mass is 9.91. The third-order valence-electron chi connectivity index (χ3n) is 6.04. The van der Waals surface area contributed by atoms with E-state index in [0.29, 0.717) is 38.9 Å². The Kier molecular flexibility index (Phi) is 8.80. The predicted octanol–water partition coefficient (Wildman–Crippen LogP) is 7.46. The maximum Gasteiger partial charge on any atom is 0.417 e. The third-order valence-corrected chi connectivity index (χ3v) is 6.04. The van der Waals surface area contributed by atoms with Crippen molar-refractivity contribution in [3.63, 3.8) is 0 Å². The zero-order valence-electron chi connectivity index (χ0n) is 23.0. The second-order valence-corrected chi connectivity index (χ2v) is 9.25. The third kappa shape index (κ3) is 6.59. The molecule has 0 spiro atoms. The second kappa shape index (κ2) is 12.3. The minimum atomic E-state index is -4.54. The molecule has 41 heavy (non-hydrogen) atoms. The quantitative estimate of drug-likeness (QED) is 0.167. The molecule has 0 aliphatic heterocycles. The summed E-state index contributed by atoms with van der Waals surface area (Å²) >= 11 is 0. The highest BCUT2D eigenvalue weighted by atomic mass is 19.4. The van der Waals surface area contributed by atoms with Gasteiger partial charge in [0.05, 0.1) is 30.6 Å². The van der Waals surface area contributed by atoms with E-state index < -0.39 is 23.7 Å². The first-order valence-electron chi connectivity index (χ1n) is 13.0. The second-order valence-electron chi connectivity index (χ2n) is 9.25. The van der Waals surface area contributed by atoms with E-state index in [2.05, 4.69) is 9.97 Å². The maximum atomic E-state index is 13.3. The van der Waals surface area contributed by atoms with Crippen LogP contribution in [0.5, 0.6) is 5.75 Å². The Labute approximate surface area is 235 Å². The van der Waals surface area contributed by atoms with Crippen LogP contribution in [0.4, 0.5) is 13.2 Å². The number of pyridine rings is 1. The number of H-pyrrole nitrogens is 1. The van der Waals surface area contributed by atoms with Gasteiger partial charge in [0.25, 0.3) is 0 Å².